The van der Waals surface area contributed by atoms with Crippen molar-refractivity contribution in [2.45, 2.75) is 13.8 Å². The lowest BCUT2D eigenvalue weighted by Crippen LogP contribution is -2.04. The SMILES string of the molecule is CC(=O)Nc1ncc(C)s1. The summed E-state index contributed by atoms with van der Waals surface area (Å²) in [5.74, 6) is -0.0747. The van der Waals surface area contributed by atoms with E-state index in [0.29, 0.717) is 5.13 Å². The fourth-order valence-electron chi connectivity index (χ4n) is 0.563. The summed E-state index contributed by atoms with van der Waals surface area (Å²) in [5.41, 5.74) is 0. The first-order chi connectivity index (χ1) is 4.68. The molecular weight excluding hydrogens is 148 g/mol. The minimum atomic E-state index is -0.0747. The van der Waals surface area contributed by atoms with Crippen LogP contribution in [0.5, 0.6) is 0 Å². The van der Waals surface area contributed by atoms with Gasteiger partial charge in [-0.2, -0.15) is 0 Å². The van der Waals surface area contributed by atoms with Crippen LogP contribution in [0, 0.1) is 6.92 Å². The number of aromatic nitrogens is 1. The van der Waals surface area contributed by atoms with Gasteiger partial charge in [0, 0.05) is 18.0 Å². The van der Waals surface area contributed by atoms with Crippen molar-refractivity contribution in [2.24, 2.45) is 0 Å². The third kappa shape index (κ3) is 1.80. The fourth-order valence-corrected chi connectivity index (χ4v) is 1.27. The van der Waals surface area contributed by atoms with Crippen molar-refractivity contribution in [3.8, 4) is 0 Å². The molecule has 1 N–H and O–H groups in total. The third-order valence-electron chi connectivity index (χ3n) is 0.904. The highest BCUT2D eigenvalue weighted by Gasteiger charge is 1.97. The topological polar surface area (TPSA) is 42.0 Å². The van der Waals surface area contributed by atoms with Crippen LogP contribution >= 0.6 is 11.3 Å². The number of amides is 1. The number of aryl methyl sites for hydroxylation is 1. The van der Waals surface area contributed by atoms with Gasteiger partial charge in [0.1, 0.15) is 0 Å². The maximum Gasteiger partial charge on any atom is 0.223 e. The van der Waals surface area contributed by atoms with Gasteiger partial charge in [0.2, 0.25) is 5.91 Å². The van der Waals surface area contributed by atoms with E-state index in [0.717, 1.165) is 4.88 Å². The summed E-state index contributed by atoms with van der Waals surface area (Å²) in [6.07, 6.45) is 1.73. The molecule has 3 nitrogen and oxygen atoms in total. The molecule has 0 saturated heterocycles. The Kier molecular flexibility index (Phi) is 2.01. The van der Waals surface area contributed by atoms with Gasteiger partial charge in [-0.1, -0.05) is 0 Å². The van der Waals surface area contributed by atoms with Gasteiger partial charge >= 0.3 is 0 Å². The molecule has 0 unspecified atom stereocenters. The van der Waals surface area contributed by atoms with Gasteiger partial charge in [-0.15, -0.1) is 11.3 Å². The Hall–Kier alpha value is -0.900. The number of nitrogens with zero attached hydrogens (tertiary/aromatic N) is 1. The van der Waals surface area contributed by atoms with E-state index in [9.17, 15) is 4.79 Å². The largest absolute Gasteiger partial charge is 0.302 e. The minimum Gasteiger partial charge on any atom is -0.302 e. The second kappa shape index (κ2) is 2.79. The van der Waals surface area contributed by atoms with E-state index in [-0.39, 0.29) is 5.91 Å². The molecule has 1 heterocycles. The average molecular weight is 156 g/mol. The van der Waals surface area contributed by atoms with Gasteiger partial charge in [-0.05, 0) is 6.92 Å². The van der Waals surface area contributed by atoms with Gasteiger partial charge in [0.15, 0.2) is 5.13 Å². The van der Waals surface area contributed by atoms with E-state index < -0.39 is 0 Å². The Balaban J connectivity index is 2.67. The number of carbonyl (C=O) groups excluding carboxylic acids is 1. The van der Waals surface area contributed by atoms with Crippen LogP contribution in [0.3, 0.4) is 0 Å². The maximum absolute atomic E-state index is 10.5. The zero-order valence-corrected chi connectivity index (χ0v) is 6.66. The van der Waals surface area contributed by atoms with Crippen LogP contribution in [0.15, 0.2) is 6.20 Å². The van der Waals surface area contributed by atoms with Crippen molar-refractivity contribution in [2.75, 3.05) is 5.32 Å². The molecule has 1 aromatic heterocycles. The summed E-state index contributed by atoms with van der Waals surface area (Å²) in [6.45, 7) is 3.42. The molecule has 0 bridgehead atoms. The maximum atomic E-state index is 10.5. The molecule has 0 atom stereocenters. The average Bonchev–Trinajstić information content (AvgIpc) is 2.13. The Morgan fingerprint density at radius 1 is 1.80 bits per heavy atom. The Labute approximate surface area is 63.1 Å². The molecule has 0 saturated carbocycles. The van der Waals surface area contributed by atoms with E-state index in [4.69, 9.17) is 0 Å². The zero-order valence-electron chi connectivity index (χ0n) is 5.84. The normalized spacial score (nSPS) is 9.40. The van der Waals surface area contributed by atoms with Gasteiger partial charge < -0.3 is 5.32 Å². The second-order valence-electron chi connectivity index (χ2n) is 1.96. The van der Waals surface area contributed by atoms with Crippen molar-refractivity contribution in [3.05, 3.63) is 11.1 Å². The van der Waals surface area contributed by atoms with Crippen molar-refractivity contribution in [1.29, 1.82) is 0 Å². The number of carbonyl (C=O) groups is 1. The monoisotopic (exact) mass is 156 g/mol. The summed E-state index contributed by atoms with van der Waals surface area (Å²) in [7, 11) is 0. The number of thiazole rings is 1. The molecule has 54 valence electrons. The number of nitrogens with one attached hydrogen (secondary N) is 1. The third-order valence-corrected chi connectivity index (χ3v) is 1.73. The predicted molar refractivity (Wildman–Crippen MR) is 41.2 cm³/mol. The van der Waals surface area contributed by atoms with Gasteiger partial charge in [0.25, 0.3) is 0 Å². The number of rotatable bonds is 1. The summed E-state index contributed by atoms with van der Waals surface area (Å²) >= 11 is 1.47. The smallest absolute Gasteiger partial charge is 0.223 e. The lowest BCUT2D eigenvalue weighted by atomic mass is 10.6. The van der Waals surface area contributed by atoms with Crippen LogP contribution in [0.4, 0.5) is 5.13 Å². The second-order valence-corrected chi connectivity index (χ2v) is 3.19. The number of anilines is 1. The lowest BCUT2D eigenvalue weighted by Gasteiger charge is -1.91. The Bertz CT molecular complexity index is 244. The first-order valence-electron chi connectivity index (χ1n) is 2.88. The van der Waals surface area contributed by atoms with Crippen LogP contribution in [0.2, 0.25) is 0 Å². The molecule has 1 aromatic rings. The summed E-state index contributed by atoms with van der Waals surface area (Å²) in [4.78, 5) is 15.5. The zero-order chi connectivity index (χ0) is 7.56. The summed E-state index contributed by atoms with van der Waals surface area (Å²) < 4.78 is 0. The molecule has 10 heavy (non-hydrogen) atoms. The summed E-state index contributed by atoms with van der Waals surface area (Å²) in [6, 6.07) is 0. The fraction of sp³-hybridized carbons (Fsp3) is 0.333. The van der Waals surface area contributed by atoms with Gasteiger partial charge in [0.05, 0.1) is 0 Å². The molecule has 0 aromatic carbocycles. The molecular formula is C6H8N2OS. The molecule has 1 amide bonds. The van der Waals surface area contributed by atoms with Crippen LogP contribution in [0.25, 0.3) is 0 Å². The van der Waals surface area contributed by atoms with E-state index in [2.05, 4.69) is 10.3 Å². The first-order valence-corrected chi connectivity index (χ1v) is 3.70. The van der Waals surface area contributed by atoms with Crippen molar-refractivity contribution in [3.63, 3.8) is 0 Å². The molecule has 0 fully saturated rings. The van der Waals surface area contributed by atoms with Crippen LogP contribution in [0.1, 0.15) is 11.8 Å². The Morgan fingerprint density at radius 3 is 2.90 bits per heavy atom. The van der Waals surface area contributed by atoms with Gasteiger partial charge in [-0.25, -0.2) is 4.98 Å². The molecule has 1 rings (SSSR count). The van der Waals surface area contributed by atoms with E-state index in [1.54, 1.807) is 6.20 Å². The number of hydrogen-bond donors (Lipinski definition) is 1. The predicted octanol–water partition coefficient (Wildman–Crippen LogP) is 1.41. The summed E-state index contributed by atoms with van der Waals surface area (Å²) in [5, 5.41) is 3.27. The molecule has 0 aliphatic carbocycles. The molecule has 4 heteroatoms. The lowest BCUT2D eigenvalue weighted by molar-refractivity contribution is -0.114. The molecule has 0 aliphatic heterocycles. The number of hydrogen-bond acceptors (Lipinski definition) is 3. The van der Waals surface area contributed by atoms with E-state index in [1.165, 1.54) is 18.3 Å². The van der Waals surface area contributed by atoms with E-state index in [1.807, 2.05) is 6.92 Å². The Morgan fingerprint density at radius 2 is 2.50 bits per heavy atom. The minimum absolute atomic E-state index is 0.0747. The van der Waals surface area contributed by atoms with Gasteiger partial charge in [-0.3, -0.25) is 4.79 Å². The van der Waals surface area contributed by atoms with Crippen LogP contribution in [-0.2, 0) is 4.79 Å². The standard InChI is InChI=1S/C6H8N2OS/c1-4-3-7-6(10-4)8-5(2)9/h3H,1-2H3,(H,7,8,9). The van der Waals surface area contributed by atoms with Crippen LogP contribution < -0.4 is 5.32 Å². The molecule has 0 spiro atoms. The van der Waals surface area contributed by atoms with Crippen molar-refractivity contribution < 1.29 is 4.79 Å². The van der Waals surface area contributed by atoms with Crippen molar-refractivity contribution in [1.82, 2.24) is 4.98 Å². The molecule has 0 radical (unpaired) electrons. The highest BCUT2D eigenvalue weighted by Crippen LogP contribution is 2.15. The van der Waals surface area contributed by atoms with Crippen molar-refractivity contribution >= 4 is 22.4 Å². The van der Waals surface area contributed by atoms with E-state index >= 15 is 0 Å². The first kappa shape index (κ1) is 7.21. The highest BCUT2D eigenvalue weighted by atomic mass is 32.1. The van der Waals surface area contributed by atoms with Crippen LogP contribution in [-0.4, -0.2) is 10.9 Å². The quantitative estimate of drug-likeness (QED) is 0.668. The highest BCUT2D eigenvalue weighted by molar-refractivity contribution is 7.15. The molecule has 0 aliphatic rings.